The molecule has 0 fully saturated rings. The van der Waals surface area contributed by atoms with Gasteiger partial charge in [-0.2, -0.15) is 5.10 Å². The second-order valence-corrected chi connectivity index (χ2v) is 4.79. The van der Waals surface area contributed by atoms with Gasteiger partial charge in [0.05, 0.1) is 21.0 Å². The zero-order valence-electron chi connectivity index (χ0n) is 8.02. The van der Waals surface area contributed by atoms with Gasteiger partial charge in [-0.1, -0.05) is 18.3 Å². The summed E-state index contributed by atoms with van der Waals surface area (Å²) >= 11 is 6.96. The van der Waals surface area contributed by atoms with E-state index in [0.29, 0.717) is 5.69 Å². The number of rotatable bonds is 2. The molecule has 0 atom stereocenters. The average molecular weight is 347 g/mol. The summed E-state index contributed by atoms with van der Waals surface area (Å²) in [4.78, 5) is 0.0265. The first-order chi connectivity index (χ1) is 7.59. The second kappa shape index (κ2) is 4.46. The predicted octanol–water partition coefficient (Wildman–Crippen LogP) is 2.25. The first-order valence-electron chi connectivity index (χ1n) is 4.38. The number of aromatic nitrogens is 2. The molecule has 1 heterocycles. The Morgan fingerprint density at radius 2 is 2.25 bits per heavy atom. The molecule has 2 aromatic rings. The molecule has 3 nitrogen and oxygen atoms in total. The van der Waals surface area contributed by atoms with Crippen molar-refractivity contribution in [3.05, 3.63) is 45.5 Å². The van der Waals surface area contributed by atoms with E-state index in [1.807, 2.05) is 0 Å². The lowest BCUT2D eigenvalue weighted by Crippen LogP contribution is -2.15. The van der Waals surface area contributed by atoms with Crippen molar-refractivity contribution >= 4 is 39.8 Å². The van der Waals surface area contributed by atoms with Crippen LogP contribution in [0.5, 0.6) is 0 Å². The lowest BCUT2D eigenvalue weighted by molar-refractivity contribution is 0.623. The molecule has 16 heavy (non-hydrogen) atoms. The van der Waals surface area contributed by atoms with Crippen LogP contribution in [0, 0.1) is 9.39 Å². The van der Waals surface area contributed by atoms with Crippen molar-refractivity contribution in [3.63, 3.8) is 0 Å². The standard InChI is InChI=1S/C10H7FIN3S/c11-7-2-1-3-8(9(7)10(13)16)15-5-6(12)4-14-15/h1-5H,(H2,13,16). The number of hydrogen-bond acceptors (Lipinski definition) is 2. The smallest absolute Gasteiger partial charge is 0.135 e. The third-order valence-corrected chi connectivity index (χ3v) is 2.80. The van der Waals surface area contributed by atoms with Crippen LogP contribution in [0.4, 0.5) is 4.39 Å². The zero-order chi connectivity index (χ0) is 11.7. The number of nitrogens with zero attached hydrogens (tertiary/aromatic N) is 2. The lowest BCUT2D eigenvalue weighted by atomic mass is 10.1. The highest BCUT2D eigenvalue weighted by Crippen LogP contribution is 2.18. The molecule has 0 saturated carbocycles. The summed E-state index contributed by atoms with van der Waals surface area (Å²) in [5.74, 6) is -0.435. The maximum Gasteiger partial charge on any atom is 0.135 e. The molecule has 0 bridgehead atoms. The highest BCUT2D eigenvalue weighted by Gasteiger charge is 2.13. The zero-order valence-corrected chi connectivity index (χ0v) is 11.0. The lowest BCUT2D eigenvalue weighted by Gasteiger charge is -2.08. The van der Waals surface area contributed by atoms with E-state index in [9.17, 15) is 4.39 Å². The van der Waals surface area contributed by atoms with Gasteiger partial charge in [-0.3, -0.25) is 0 Å². The SMILES string of the molecule is NC(=S)c1c(F)cccc1-n1cc(I)cn1. The maximum absolute atomic E-state index is 13.6. The summed E-state index contributed by atoms with van der Waals surface area (Å²) in [5, 5.41) is 4.10. The van der Waals surface area contributed by atoms with Gasteiger partial charge in [-0.15, -0.1) is 0 Å². The fourth-order valence-corrected chi connectivity index (χ4v) is 1.97. The maximum atomic E-state index is 13.6. The third kappa shape index (κ3) is 2.07. The van der Waals surface area contributed by atoms with E-state index in [1.54, 1.807) is 29.2 Å². The topological polar surface area (TPSA) is 43.8 Å². The van der Waals surface area contributed by atoms with Crippen LogP contribution < -0.4 is 5.73 Å². The molecule has 2 N–H and O–H groups in total. The van der Waals surface area contributed by atoms with Gasteiger partial charge in [0, 0.05) is 6.20 Å². The molecule has 0 saturated heterocycles. The van der Waals surface area contributed by atoms with Crippen LogP contribution in [-0.2, 0) is 0 Å². The van der Waals surface area contributed by atoms with Gasteiger partial charge in [0.15, 0.2) is 0 Å². The second-order valence-electron chi connectivity index (χ2n) is 3.10. The minimum absolute atomic E-state index is 0.0265. The molecule has 0 unspecified atom stereocenters. The molecule has 0 aliphatic rings. The molecule has 2 rings (SSSR count). The molecular formula is C10H7FIN3S. The van der Waals surface area contributed by atoms with Crippen LogP contribution in [0.1, 0.15) is 5.56 Å². The van der Waals surface area contributed by atoms with E-state index in [-0.39, 0.29) is 10.6 Å². The van der Waals surface area contributed by atoms with E-state index in [1.165, 1.54) is 6.07 Å². The Labute approximate surface area is 111 Å². The van der Waals surface area contributed by atoms with Gasteiger partial charge in [0.1, 0.15) is 10.8 Å². The van der Waals surface area contributed by atoms with Gasteiger partial charge < -0.3 is 5.73 Å². The molecule has 0 amide bonds. The molecule has 1 aromatic heterocycles. The minimum Gasteiger partial charge on any atom is -0.389 e. The Balaban J connectivity index is 2.65. The number of thiocarbonyl (C=S) groups is 1. The third-order valence-electron chi connectivity index (χ3n) is 2.04. The van der Waals surface area contributed by atoms with Crippen molar-refractivity contribution in [2.75, 3.05) is 0 Å². The normalized spacial score (nSPS) is 10.4. The number of hydrogen-bond donors (Lipinski definition) is 1. The fourth-order valence-electron chi connectivity index (χ4n) is 1.38. The fraction of sp³-hybridized carbons (Fsp3) is 0. The van der Waals surface area contributed by atoms with Crippen LogP contribution in [0.3, 0.4) is 0 Å². The molecular weight excluding hydrogens is 340 g/mol. The van der Waals surface area contributed by atoms with E-state index in [4.69, 9.17) is 18.0 Å². The van der Waals surface area contributed by atoms with Gasteiger partial charge in [0.25, 0.3) is 0 Å². The first-order valence-corrected chi connectivity index (χ1v) is 5.87. The summed E-state index contributed by atoms with van der Waals surface area (Å²) < 4.78 is 16.1. The Bertz CT molecular complexity index is 553. The molecule has 82 valence electrons. The van der Waals surface area contributed by atoms with Gasteiger partial charge >= 0.3 is 0 Å². The van der Waals surface area contributed by atoms with Crippen LogP contribution in [0.2, 0.25) is 0 Å². The van der Waals surface area contributed by atoms with Crippen LogP contribution in [-0.4, -0.2) is 14.8 Å². The molecule has 0 aliphatic carbocycles. The van der Waals surface area contributed by atoms with Crippen molar-refractivity contribution in [2.24, 2.45) is 5.73 Å². The quantitative estimate of drug-likeness (QED) is 0.670. The van der Waals surface area contributed by atoms with Crippen molar-refractivity contribution in [1.82, 2.24) is 9.78 Å². The summed E-state index contributed by atoms with van der Waals surface area (Å²) in [6, 6.07) is 4.65. The average Bonchev–Trinajstić information content (AvgIpc) is 2.63. The highest BCUT2D eigenvalue weighted by atomic mass is 127. The molecule has 6 heteroatoms. The predicted molar refractivity (Wildman–Crippen MR) is 72.1 cm³/mol. The first kappa shape index (κ1) is 11.5. The summed E-state index contributed by atoms with van der Waals surface area (Å²) in [6.45, 7) is 0. The van der Waals surface area contributed by atoms with Crippen LogP contribution in [0.15, 0.2) is 30.6 Å². The number of halogens is 2. The van der Waals surface area contributed by atoms with Crippen molar-refractivity contribution in [2.45, 2.75) is 0 Å². The molecule has 0 spiro atoms. The summed E-state index contributed by atoms with van der Waals surface area (Å²) in [6.07, 6.45) is 3.45. The molecule has 0 aliphatic heterocycles. The number of benzene rings is 1. The van der Waals surface area contributed by atoms with E-state index >= 15 is 0 Å². The van der Waals surface area contributed by atoms with Crippen molar-refractivity contribution < 1.29 is 4.39 Å². The van der Waals surface area contributed by atoms with E-state index < -0.39 is 5.82 Å². The van der Waals surface area contributed by atoms with Gasteiger partial charge in [-0.25, -0.2) is 9.07 Å². The van der Waals surface area contributed by atoms with E-state index in [2.05, 4.69) is 27.7 Å². The monoisotopic (exact) mass is 347 g/mol. The molecule has 0 radical (unpaired) electrons. The Hall–Kier alpha value is -1.02. The largest absolute Gasteiger partial charge is 0.389 e. The Kier molecular flexibility index (Phi) is 3.20. The summed E-state index contributed by atoms with van der Waals surface area (Å²) in [5.41, 5.74) is 6.28. The molecule has 1 aromatic carbocycles. The number of nitrogens with two attached hydrogens (primary N) is 1. The minimum atomic E-state index is -0.435. The Morgan fingerprint density at radius 3 is 2.81 bits per heavy atom. The summed E-state index contributed by atoms with van der Waals surface area (Å²) in [7, 11) is 0. The van der Waals surface area contributed by atoms with Crippen molar-refractivity contribution in [1.29, 1.82) is 0 Å². The Morgan fingerprint density at radius 1 is 1.50 bits per heavy atom. The van der Waals surface area contributed by atoms with Crippen molar-refractivity contribution in [3.8, 4) is 5.69 Å². The van der Waals surface area contributed by atoms with Crippen LogP contribution in [0.25, 0.3) is 5.69 Å². The van der Waals surface area contributed by atoms with Gasteiger partial charge in [0.2, 0.25) is 0 Å². The highest BCUT2D eigenvalue weighted by molar-refractivity contribution is 14.1. The van der Waals surface area contributed by atoms with Crippen LogP contribution >= 0.6 is 34.8 Å². The van der Waals surface area contributed by atoms with Gasteiger partial charge in [-0.05, 0) is 34.7 Å². The van der Waals surface area contributed by atoms with E-state index in [0.717, 1.165) is 3.57 Å².